The van der Waals surface area contributed by atoms with E-state index in [1.807, 2.05) is 6.07 Å². The average molecular weight is 818 g/mol. The highest BCUT2D eigenvalue weighted by Gasteiger charge is 2.30. The van der Waals surface area contributed by atoms with Crippen LogP contribution in [0.5, 0.6) is 57.5 Å². The summed E-state index contributed by atoms with van der Waals surface area (Å²) in [5, 5.41) is 21.8. The van der Waals surface area contributed by atoms with Gasteiger partial charge in [-0.25, -0.2) is 0 Å². The summed E-state index contributed by atoms with van der Waals surface area (Å²) >= 11 is 3.47. The molecule has 5 aromatic carbocycles. The Morgan fingerprint density at radius 1 is 0.527 bits per heavy atom. The van der Waals surface area contributed by atoms with Crippen LogP contribution >= 0.6 is 15.9 Å². The van der Waals surface area contributed by atoms with Gasteiger partial charge in [0.05, 0.1) is 61.7 Å². The lowest BCUT2D eigenvalue weighted by Crippen LogP contribution is -2.13. The molecule has 6 rings (SSSR count). The molecule has 0 radical (unpaired) electrons. The number of rotatable bonds is 10. The van der Waals surface area contributed by atoms with E-state index < -0.39 is 4.83 Å². The summed E-state index contributed by atoms with van der Waals surface area (Å²) < 4.78 is 43.3. The number of fused-ring (bicyclic) bond motifs is 2. The van der Waals surface area contributed by atoms with Crippen LogP contribution in [0.3, 0.4) is 0 Å². The van der Waals surface area contributed by atoms with E-state index >= 15 is 0 Å². The van der Waals surface area contributed by atoms with Gasteiger partial charge in [0.1, 0.15) is 0 Å². The second-order valence-electron chi connectivity index (χ2n) is 12.0. The molecule has 5 aromatic rings. The van der Waals surface area contributed by atoms with Crippen LogP contribution in [-0.2, 0) is 11.2 Å². The van der Waals surface area contributed by atoms with Crippen molar-refractivity contribution in [3.8, 4) is 68.6 Å². The van der Waals surface area contributed by atoms with Crippen molar-refractivity contribution >= 4 is 38.1 Å². The number of hydrogen-bond acceptors (Lipinski definition) is 12. The van der Waals surface area contributed by atoms with Crippen LogP contribution in [0, 0.1) is 0 Å². The van der Waals surface area contributed by atoms with Crippen molar-refractivity contribution in [1.29, 1.82) is 0 Å². The Hall–Kier alpha value is -6.08. The number of halogens is 1. The summed E-state index contributed by atoms with van der Waals surface area (Å²) in [7, 11) is 12.2. The molecule has 1 atom stereocenters. The average Bonchev–Trinajstić information content (AvgIpc) is 3.44. The van der Waals surface area contributed by atoms with Crippen molar-refractivity contribution in [2.24, 2.45) is 0 Å². The Bertz CT molecular complexity index is 2340. The predicted octanol–water partition coefficient (Wildman–Crippen LogP) is 7.35. The van der Waals surface area contributed by atoms with Crippen molar-refractivity contribution in [3.05, 3.63) is 99.7 Å². The third-order valence-electron chi connectivity index (χ3n) is 9.04. The second-order valence-corrected chi connectivity index (χ2v) is 13.1. The molecule has 2 N–H and O–H groups in total. The smallest absolute Gasteiger partial charge is 0.203 e. The van der Waals surface area contributed by atoms with E-state index in [0.29, 0.717) is 80.1 Å². The van der Waals surface area contributed by atoms with Gasteiger partial charge in [-0.15, -0.1) is 0 Å². The van der Waals surface area contributed by atoms with E-state index in [9.17, 15) is 19.8 Å². The van der Waals surface area contributed by atoms with E-state index in [-0.39, 0.29) is 22.7 Å². The quantitative estimate of drug-likeness (QED) is 0.136. The standard InChI is InChI=1S/C21H21BrO6.C21H20O6/c1-25-18-6-5-11(7-17(18)24)12-9-16(23)15(22)8-14-13(12)10-19(26-2)21(28-4)20(14)27-3;1-24-18-8-5-12(9-17(18)23)15-10-13(22)6-7-14-16(15)11-19(25-2)21(27-4)20(14)26-3/h5-7,9-10,15,24H,8H2,1-4H3;5-11,23H,1-4H3. The summed E-state index contributed by atoms with van der Waals surface area (Å²) in [5.41, 5.74) is 4.00. The summed E-state index contributed by atoms with van der Waals surface area (Å²) in [6, 6.07) is 18.2. The third kappa shape index (κ3) is 7.92. The highest BCUT2D eigenvalue weighted by atomic mass is 79.9. The highest BCUT2D eigenvalue weighted by Crippen LogP contribution is 2.48. The Labute approximate surface area is 326 Å². The number of alkyl halides is 1. The molecule has 1 aliphatic rings. The summed E-state index contributed by atoms with van der Waals surface area (Å²) in [6.45, 7) is 0. The first kappa shape index (κ1) is 40.1. The molecule has 55 heavy (non-hydrogen) atoms. The molecule has 0 aromatic heterocycles. The van der Waals surface area contributed by atoms with Crippen molar-refractivity contribution in [2.45, 2.75) is 11.2 Å². The van der Waals surface area contributed by atoms with Crippen LogP contribution < -0.4 is 43.3 Å². The van der Waals surface area contributed by atoms with E-state index in [1.54, 1.807) is 75.9 Å². The molecule has 1 aliphatic carbocycles. The van der Waals surface area contributed by atoms with Gasteiger partial charge in [0.15, 0.2) is 57.2 Å². The topological polar surface area (TPSA) is 148 Å². The molecule has 0 fully saturated rings. The molecular formula is C42H41BrO12. The van der Waals surface area contributed by atoms with Crippen LogP contribution in [0.15, 0.2) is 77.6 Å². The van der Waals surface area contributed by atoms with Gasteiger partial charge in [-0.05, 0) is 100 Å². The largest absolute Gasteiger partial charge is 0.504 e. The van der Waals surface area contributed by atoms with Gasteiger partial charge in [0, 0.05) is 10.9 Å². The number of phenols is 2. The number of aromatic hydroxyl groups is 2. The number of carbonyl (C=O) groups excluding carboxylic acids is 1. The molecule has 1 unspecified atom stereocenters. The molecule has 0 aliphatic heterocycles. The lowest BCUT2D eigenvalue weighted by atomic mass is 9.92. The van der Waals surface area contributed by atoms with Crippen LogP contribution in [-0.4, -0.2) is 77.7 Å². The van der Waals surface area contributed by atoms with Gasteiger partial charge in [-0.2, -0.15) is 0 Å². The monoisotopic (exact) mass is 816 g/mol. The Morgan fingerprint density at radius 3 is 1.60 bits per heavy atom. The number of ether oxygens (including phenoxy) is 8. The second kappa shape index (κ2) is 17.4. The number of allylic oxidation sites excluding steroid dienone is 1. The first-order valence-electron chi connectivity index (χ1n) is 16.7. The minimum absolute atomic E-state index is 0.0121. The van der Waals surface area contributed by atoms with E-state index in [4.69, 9.17) is 37.9 Å². The zero-order valence-electron chi connectivity index (χ0n) is 31.6. The summed E-state index contributed by atoms with van der Waals surface area (Å²) in [6.07, 6.45) is 1.98. The molecule has 0 heterocycles. The number of carbonyl (C=O) groups is 1. The molecule has 0 amide bonds. The minimum atomic E-state index is -0.414. The molecule has 0 spiro atoms. The van der Waals surface area contributed by atoms with Crippen LogP contribution in [0.4, 0.5) is 0 Å². The fourth-order valence-electron chi connectivity index (χ4n) is 6.44. The fraction of sp³-hybridized carbons (Fsp3) is 0.238. The first-order chi connectivity index (χ1) is 26.5. The van der Waals surface area contributed by atoms with Gasteiger partial charge in [0.2, 0.25) is 11.5 Å². The zero-order chi connectivity index (χ0) is 40.0. The van der Waals surface area contributed by atoms with Crippen LogP contribution in [0.2, 0.25) is 0 Å². The Balaban J connectivity index is 0.000000211. The van der Waals surface area contributed by atoms with Crippen LogP contribution in [0.1, 0.15) is 16.7 Å². The van der Waals surface area contributed by atoms with Gasteiger partial charge in [0.25, 0.3) is 0 Å². The molecule has 0 saturated carbocycles. The molecule has 0 saturated heterocycles. The Kier molecular flexibility index (Phi) is 12.7. The lowest BCUT2D eigenvalue weighted by Gasteiger charge is -2.20. The van der Waals surface area contributed by atoms with Crippen molar-refractivity contribution in [1.82, 2.24) is 0 Å². The number of ketones is 1. The van der Waals surface area contributed by atoms with Crippen molar-refractivity contribution in [3.63, 3.8) is 0 Å². The zero-order valence-corrected chi connectivity index (χ0v) is 33.2. The summed E-state index contributed by atoms with van der Waals surface area (Å²) in [4.78, 5) is 24.6. The maximum Gasteiger partial charge on any atom is 0.203 e. The summed E-state index contributed by atoms with van der Waals surface area (Å²) in [5.74, 6) is 3.43. The Morgan fingerprint density at radius 2 is 1.05 bits per heavy atom. The molecule has 12 nitrogen and oxygen atoms in total. The predicted molar refractivity (Wildman–Crippen MR) is 213 cm³/mol. The number of hydrogen-bond donors (Lipinski definition) is 2. The fourth-order valence-corrected chi connectivity index (χ4v) is 6.90. The number of phenolic OH excluding ortho intramolecular Hbond substituents is 2. The maximum atomic E-state index is 12.7. The van der Waals surface area contributed by atoms with Gasteiger partial charge in [-0.1, -0.05) is 28.1 Å². The number of benzene rings is 4. The normalized spacial score (nSPS) is 13.3. The van der Waals surface area contributed by atoms with Crippen molar-refractivity contribution < 1.29 is 52.9 Å². The van der Waals surface area contributed by atoms with E-state index in [0.717, 1.165) is 16.5 Å². The lowest BCUT2D eigenvalue weighted by molar-refractivity contribution is -0.113. The van der Waals surface area contributed by atoms with Crippen molar-refractivity contribution in [2.75, 3.05) is 56.9 Å². The van der Waals surface area contributed by atoms with Gasteiger partial charge in [-0.3, -0.25) is 9.59 Å². The van der Waals surface area contributed by atoms with Crippen LogP contribution in [0.25, 0.3) is 27.5 Å². The highest BCUT2D eigenvalue weighted by molar-refractivity contribution is 9.10. The minimum Gasteiger partial charge on any atom is -0.504 e. The first-order valence-corrected chi connectivity index (χ1v) is 17.6. The SMILES string of the molecule is COc1ccc(-c2cc(=O)ccc3c(OC)c(OC)c(OC)cc23)cc1O.COc1ccc(C2=CC(=O)C(Br)Cc3c2cc(OC)c(OC)c3OC)cc1O. The molecule has 288 valence electrons. The maximum absolute atomic E-state index is 12.7. The molecular weight excluding hydrogens is 776 g/mol. The molecule has 0 bridgehead atoms. The number of methoxy groups -OCH3 is 8. The van der Waals surface area contributed by atoms with E-state index in [1.165, 1.54) is 47.7 Å². The van der Waals surface area contributed by atoms with Gasteiger partial charge >= 0.3 is 0 Å². The molecule has 13 heteroatoms. The van der Waals surface area contributed by atoms with E-state index in [2.05, 4.69) is 15.9 Å². The third-order valence-corrected chi connectivity index (χ3v) is 9.82. The van der Waals surface area contributed by atoms with Gasteiger partial charge < -0.3 is 48.1 Å².